The monoisotopic (exact) mass is 302 g/mol. The Labute approximate surface area is 119 Å². The number of hydrogen-bond acceptors (Lipinski definition) is 5. The minimum Gasteiger partial charge on any atom is -0.479 e. The summed E-state index contributed by atoms with van der Waals surface area (Å²) in [6.45, 7) is 2.44. The Kier molecular flexibility index (Phi) is 6.40. The highest BCUT2D eigenvalue weighted by Crippen LogP contribution is 2.02. The largest absolute Gasteiger partial charge is 0.479 e. The molecule has 0 bridgehead atoms. The number of nitrogens with one attached hydrogen (secondary N) is 1. The van der Waals surface area contributed by atoms with Gasteiger partial charge in [0.15, 0.2) is 6.10 Å². The number of amides is 1. The van der Waals surface area contributed by atoms with Crippen molar-refractivity contribution in [3.8, 4) is 0 Å². The number of aromatic nitrogens is 1. The highest BCUT2D eigenvalue weighted by atomic mass is 32.1. The Bertz CT molecular complexity index is 522. The van der Waals surface area contributed by atoms with E-state index in [-0.39, 0.29) is 30.2 Å². The Morgan fingerprint density at radius 1 is 1.50 bits per heavy atom. The van der Waals surface area contributed by atoms with Gasteiger partial charge in [-0.1, -0.05) is 11.3 Å². The fourth-order valence-corrected chi connectivity index (χ4v) is 2.39. The lowest BCUT2D eigenvalue weighted by Crippen LogP contribution is -2.30. The second-order valence-corrected chi connectivity index (χ2v) is 5.21. The Morgan fingerprint density at radius 2 is 2.20 bits per heavy atom. The van der Waals surface area contributed by atoms with Gasteiger partial charge in [0, 0.05) is 37.0 Å². The first-order valence-corrected chi connectivity index (χ1v) is 7.12. The van der Waals surface area contributed by atoms with Gasteiger partial charge >= 0.3 is 10.8 Å². The van der Waals surface area contributed by atoms with Gasteiger partial charge in [-0.3, -0.25) is 9.59 Å². The second-order valence-electron chi connectivity index (χ2n) is 4.39. The van der Waals surface area contributed by atoms with Crippen LogP contribution in [-0.4, -0.2) is 39.3 Å². The van der Waals surface area contributed by atoms with Crippen LogP contribution in [-0.2, 0) is 16.1 Å². The normalized spacial score (nSPS) is 12.1. The van der Waals surface area contributed by atoms with Crippen LogP contribution in [0.5, 0.6) is 0 Å². The van der Waals surface area contributed by atoms with Gasteiger partial charge < -0.3 is 20.1 Å². The fourth-order valence-electron chi connectivity index (χ4n) is 1.63. The molecule has 0 saturated carbocycles. The molecule has 0 aromatic carbocycles. The van der Waals surface area contributed by atoms with Crippen molar-refractivity contribution in [1.82, 2.24) is 9.88 Å². The molecule has 0 radical (unpaired) electrons. The number of thiazole rings is 1. The molecule has 1 amide bonds. The average molecular weight is 302 g/mol. The number of aryl methyl sites for hydroxylation is 1. The molecular formula is C12H18N2O5S. The molecule has 0 aliphatic heterocycles. The summed E-state index contributed by atoms with van der Waals surface area (Å²) in [6.07, 6.45) is -0.692. The van der Waals surface area contributed by atoms with E-state index in [0.29, 0.717) is 13.0 Å². The third-order valence-corrected chi connectivity index (χ3v) is 3.67. The Hall–Kier alpha value is -1.67. The number of rotatable bonds is 8. The molecular weight excluding hydrogens is 284 g/mol. The van der Waals surface area contributed by atoms with Gasteiger partial charge in [-0.15, -0.1) is 0 Å². The van der Waals surface area contributed by atoms with Crippen molar-refractivity contribution >= 4 is 23.2 Å². The van der Waals surface area contributed by atoms with E-state index >= 15 is 0 Å². The molecule has 20 heavy (non-hydrogen) atoms. The number of carbonyl (C=O) groups is 2. The maximum atomic E-state index is 11.5. The van der Waals surface area contributed by atoms with E-state index in [2.05, 4.69) is 5.32 Å². The van der Waals surface area contributed by atoms with Gasteiger partial charge in [0.05, 0.1) is 0 Å². The summed E-state index contributed by atoms with van der Waals surface area (Å²) in [4.78, 5) is 33.2. The van der Waals surface area contributed by atoms with Crippen molar-refractivity contribution < 1.29 is 19.8 Å². The molecule has 0 fully saturated rings. The summed E-state index contributed by atoms with van der Waals surface area (Å²) in [5.74, 6) is -1.52. The van der Waals surface area contributed by atoms with Crippen LogP contribution in [0.4, 0.5) is 0 Å². The molecule has 112 valence electrons. The molecule has 1 atom stereocenters. The Balaban J connectivity index is 2.21. The number of carboxylic acids is 1. The number of carboxylic acid groups (broad SMARTS) is 1. The summed E-state index contributed by atoms with van der Waals surface area (Å²) >= 11 is 1.13. The molecule has 0 saturated heterocycles. The van der Waals surface area contributed by atoms with E-state index in [1.165, 1.54) is 0 Å². The van der Waals surface area contributed by atoms with Crippen LogP contribution in [0.3, 0.4) is 0 Å². The zero-order valence-electron chi connectivity index (χ0n) is 11.2. The van der Waals surface area contributed by atoms with E-state index < -0.39 is 12.1 Å². The van der Waals surface area contributed by atoms with Crippen LogP contribution >= 0.6 is 11.3 Å². The maximum absolute atomic E-state index is 11.5. The topological polar surface area (TPSA) is 109 Å². The lowest BCUT2D eigenvalue weighted by molar-refractivity contribution is -0.147. The average Bonchev–Trinajstić information content (AvgIpc) is 2.70. The highest BCUT2D eigenvalue weighted by Gasteiger charge is 2.12. The first-order valence-electron chi connectivity index (χ1n) is 6.24. The summed E-state index contributed by atoms with van der Waals surface area (Å²) in [5.41, 5.74) is 0.880. The van der Waals surface area contributed by atoms with Crippen molar-refractivity contribution in [1.29, 1.82) is 0 Å². The maximum Gasteiger partial charge on any atom is 0.332 e. The molecule has 0 unspecified atom stereocenters. The van der Waals surface area contributed by atoms with Crippen molar-refractivity contribution in [2.75, 3.05) is 6.54 Å². The van der Waals surface area contributed by atoms with Gasteiger partial charge in [-0.25, -0.2) is 4.79 Å². The summed E-state index contributed by atoms with van der Waals surface area (Å²) < 4.78 is 1.62. The van der Waals surface area contributed by atoms with Gasteiger partial charge in [0.1, 0.15) is 0 Å². The second kappa shape index (κ2) is 7.81. The van der Waals surface area contributed by atoms with E-state index in [1.807, 2.05) is 6.92 Å². The summed E-state index contributed by atoms with van der Waals surface area (Å²) in [6, 6.07) is 0. The number of aliphatic carboxylic acids is 1. The predicted octanol–water partition coefficient (Wildman–Crippen LogP) is -0.0498. The van der Waals surface area contributed by atoms with Crippen LogP contribution in [0.25, 0.3) is 0 Å². The van der Waals surface area contributed by atoms with E-state index in [1.54, 1.807) is 9.95 Å². The summed E-state index contributed by atoms with van der Waals surface area (Å²) in [7, 11) is 0. The molecule has 0 spiro atoms. The van der Waals surface area contributed by atoms with E-state index in [0.717, 1.165) is 17.0 Å². The third kappa shape index (κ3) is 5.14. The fraction of sp³-hybridized carbons (Fsp3) is 0.583. The van der Waals surface area contributed by atoms with E-state index in [9.17, 15) is 14.4 Å². The van der Waals surface area contributed by atoms with Gasteiger partial charge in [0.2, 0.25) is 5.91 Å². The van der Waals surface area contributed by atoms with Crippen molar-refractivity contribution in [2.45, 2.75) is 38.8 Å². The number of carbonyl (C=O) groups excluding carboxylic acids is 1. The van der Waals surface area contributed by atoms with Gasteiger partial charge in [0.25, 0.3) is 0 Å². The first-order chi connectivity index (χ1) is 9.41. The minimum atomic E-state index is -1.46. The number of nitrogens with zero attached hydrogens (tertiary/aromatic N) is 1. The number of aliphatic hydroxyl groups excluding tert-OH is 1. The molecule has 7 nitrogen and oxygen atoms in total. The van der Waals surface area contributed by atoms with Gasteiger partial charge in [-0.05, 0) is 13.3 Å². The van der Waals surface area contributed by atoms with Crippen LogP contribution in [0.1, 0.15) is 25.0 Å². The Morgan fingerprint density at radius 3 is 2.75 bits per heavy atom. The molecule has 1 rings (SSSR count). The molecule has 8 heteroatoms. The van der Waals surface area contributed by atoms with Crippen LogP contribution < -0.4 is 10.2 Å². The zero-order valence-corrected chi connectivity index (χ0v) is 12.0. The lowest BCUT2D eigenvalue weighted by Gasteiger charge is -2.08. The molecule has 1 aromatic rings. The van der Waals surface area contributed by atoms with Crippen molar-refractivity contribution in [3.05, 3.63) is 20.7 Å². The zero-order chi connectivity index (χ0) is 15.1. The van der Waals surface area contributed by atoms with Crippen LogP contribution in [0, 0.1) is 6.92 Å². The quantitative estimate of drug-likeness (QED) is 0.624. The van der Waals surface area contributed by atoms with Crippen molar-refractivity contribution in [2.24, 2.45) is 0 Å². The smallest absolute Gasteiger partial charge is 0.332 e. The first kappa shape index (κ1) is 16.4. The van der Waals surface area contributed by atoms with E-state index in [4.69, 9.17) is 10.2 Å². The number of aliphatic hydroxyl groups is 1. The molecule has 1 aromatic heterocycles. The molecule has 0 aliphatic rings. The minimum absolute atomic E-state index is 0.0236. The SMILES string of the molecule is Cc1csc(=O)n1CCCC(=O)NCC[C@H](O)C(=O)O. The predicted molar refractivity (Wildman–Crippen MR) is 73.8 cm³/mol. The highest BCUT2D eigenvalue weighted by molar-refractivity contribution is 7.07. The van der Waals surface area contributed by atoms with Crippen molar-refractivity contribution in [3.63, 3.8) is 0 Å². The third-order valence-electron chi connectivity index (χ3n) is 2.79. The van der Waals surface area contributed by atoms with Crippen LogP contribution in [0.2, 0.25) is 0 Å². The standard InChI is InChI=1S/C12H18N2O5S/c1-8-7-20-12(19)14(8)6-2-3-10(16)13-5-4-9(15)11(17)18/h7,9,15H,2-6H2,1H3,(H,13,16)(H,17,18)/t9-/m0/s1. The molecule has 0 aliphatic carbocycles. The summed E-state index contributed by atoms with van der Waals surface area (Å²) in [5, 5.41) is 21.8. The molecule has 1 heterocycles. The number of hydrogen-bond donors (Lipinski definition) is 3. The van der Waals surface area contributed by atoms with Crippen LogP contribution in [0.15, 0.2) is 10.2 Å². The lowest BCUT2D eigenvalue weighted by atomic mass is 10.2. The van der Waals surface area contributed by atoms with Gasteiger partial charge in [-0.2, -0.15) is 0 Å². The molecule has 3 N–H and O–H groups in total.